The van der Waals surface area contributed by atoms with E-state index in [1.54, 1.807) is 47.1 Å². The van der Waals surface area contributed by atoms with Gasteiger partial charge in [-0.3, -0.25) is 14.3 Å². The van der Waals surface area contributed by atoms with Gasteiger partial charge in [0.25, 0.3) is 15.9 Å². The Bertz CT molecular complexity index is 1110. The number of hydrogen-bond acceptors (Lipinski definition) is 4. The van der Waals surface area contributed by atoms with E-state index in [-0.39, 0.29) is 22.1 Å². The summed E-state index contributed by atoms with van der Waals surface area (Å²) in [6, 6.07) is 11.9. The van der Waals surface area contributed by atoms with Crippen LogP contribution in [0.15, 0.2) is 47.4 Å². The standard InChI is InChI=1S/C24H31N3O4S/c1-17-6-9-20(24(3,4)5)16-22(17)32(30,31)25-21-10-7-19(8-11-21)23(29)27-14-12-26(13-15-27)18(2)28/h6-11,16,25H,12-15H2,1-5H3. The molecule has 2 amide bonds. The highest BCUT2D eigenvalue weighted by molar-refractivity contribution is 7.92. The minimum Gasteiger partial charge on any atom is -0.339 e. The number of rotatable bonds is 4. The molecule has 1 saturated heterocycles. The molecule has 0 spiro atoms. The van der Waals surface area contributed by atoms with E-state index in [9.17, 15) is 18.0 Å². The fourth-order valence-corrected chi connectivity index (χ4v) is 4.98. The van der Waals surface area contributed by atoms with Crippen LogP contribution in [0.25, 0.3) is 0 Å². The number of carbonyl (C=O) groups is 2. The number of anilines is 1. The van der Waals surface area contributed by atoms with Crippen LogP contribution in [0, 0.1) is 6.92 Å². The molecule has 7 nitrogen and oxygen atoms in total. The molecular weight excluding hydrogens is 426 g/mol. The predicted octanol–water partition coefficient (Wildman–Crippen LogP) is 3.40. The van der Waals surface area contributed by atoms with Crippen LogP contribution < -0.4 is 4.72 Å². The Hall–Kier alpha value is -2.87. The van der Waals surface area contributed by atoms with E-state index in [0.717, 1.165) is 5.56 Å². The van der Waals surface area contributed by atoms with Crippen molar-refractivity contribution in [2.75, 3.05) is 30.9 Å². The Labute approximate surface area is 190 Å². The lowest BCUT2D eigenvalue weighted by Crippen LogP contribution is -2.50. The van der Waals surface area contributed by atoms with Gasteiger partial charge < -0.3 is 9.80 Å². The summed E-state index contributed by atoms with van der Waals surface area (Å²) in [6.07, 6.45) is 0. The molecule has 172 valence electrons. The molecule has 1 heterocycles. The first-order valence-electron chi connectivity index (χ1n) is 10.7. The minimum atomic E-state index is -3.78. The van der Waals surface area contributed by atoms with Gasteiger partial charge in [-0.2, -0.15) is 0 Å². The van der Waals surface area contributed by atoms with Gasteiger partial charge in [-0.25, -0.2) is 8.42 Å². The van der Waals surface area contributed by atoms with Crippen molar-refractivity contribution in [2.24, 2.45) is 0 Å². The topological polar surface area (TPSA) is 86.8 Å². The quantitative estimate of drug-likeness (QED) is 0.762. The molecule has 0 radical (unpaired) electrons. The SMILES string of the molecule is CC(=O)N1CCN(C(=O)c2ccc(NS(=O)(=O)c3cc(C(C)(C)C)ccc3C)cc2)CC1. The first kappa shape index (κ1) is 23.8. The van der Waals surface area contributed by atoms with Crippen molar-refractivity contribution in [3.63, 3.8) is 0 Å². The third kappa shape index (κ3) is 5.30. The molecule has 0 aromatic heterocycles. The van der Waals surface area contributed by atoms with E-state index in [0.29, 0.717) is 43.0 Å². The van der Waals surface area contributed by atoms with Gasteiger partial charge in [0, 0.05) is 44.4 Å². The van der Waals surface area contributed by atoms with Crippen LogP contribution in [-0.4, -0.2) is 56.2 Å². The zero-order valence-corrected chi connectivity index (χ0v) is 20.1. The lowest BCUT2D eigenvalue weighted by Gasteiger charge is -2.34. The second kappa shape index (κ2) is 8.94. The molecule has 2 aromatic rings. The Morgan fingerprint density at radius 1 is 0.906 bits per heavy atom. The third-order valence-electron chi connectivity index (χ3n) is 5.74. The summed E-state index contributed by atoms with van der Waals surface area (Å²) in [5, 5.41) is 0. The Morgan fingerprint density at radius 3 is 2.00 bits per heavy atom. The van der Waals surface area contributed by atoms with Gasteiger partial charge in [0.05, 0.1) is 4.90 Å². The van der Waals surface area contributed by atoms with Crippen LogP contribution in [0.5, 0.6) is 0 Å². The van der Waals surface area contributed by atoms with Crippen LogP contribution in [0.2, 0.25) is 0 Å². The average Bonchev–Trinajstić information content (AvgIpc) is 2.73. The van der Waals surface area contributed by atoms with Crippen molar-refractivity contribution in [3.8, 4) is 0 Å². The number of aryl methyl sites for hydroxylation is 1. The molecule has 1 aliphatic heterocycles. The highest BCUT2D eigenvalue weighted by atomic mass is 32.2. The summed E-state index contributed by atoms with van der Waals surface area (Å²) in [4.78, 5) is 27.9. The van der Waals surface area contributed by atoms with Gasteiger partial charge in [-0.15, -0.1) is 0 Å². The number of carbonyl (C=O) groups excluding carboxylic acids is 2. The summed E-state index contributed by atoms with van der Waals surface area (Å²) >= 11 is 0. The fourth-order valence-electron chi connectivity index (χ4n) is 3.65. The fraction of sp³-hybridized carbons (Fsp3) is 0.417. The number of nitrogens with zero attached hydrogens (tertiary/aromatic N) is 2. The van der Waals surface area contributed by atoms with Crippen molar-refractivity contribution in [1.29, 1.82) is 0 Å². The maximum atomic E-state index is 13.0. The van der Waals surface area contributed by atoms with E-state index in [1.165, 1.54) is 6.92 Å². The number of piperazine rings is 1. The van der Waals surface area contributed by atoms with E-state index in [4.69, 9.17) is 0 Å². The van der Waals surface area contributed by atoms with E-state index in [2.05, 4.69) is 4.72 Å². The van der Waals surface area contributed by atoms with Crippen LogP contribution in [-0.2, 0) is 20.2 Å². The van der Waals surface area contributed by atoms with E-state index >= 15 is 0 Å². The normalized spacial score (nSPS) is 14.9. The number of sulfonamides is 1. The van der Waals surface area contributed by atoms with Gasteiger partial charge in [-0.1, -0.05) is 32.9 Å². The van der Waals surface area contributed by atoms with Gasteiger partial charge in [0.15, 0.2) is 0 Å². The molecule has 1 aliphatic rings. The zero-order valence-electron chi connectivity index (χ0n) is 19.3. The number of benzene rings is 2. The van der Waals surface area contributed by atoms with Crippen molar-refractivity contribution >= 4 is 27.5 Å². The maximum absolute atomic E-state index is 13.0. The molecule has 0 bridgehead atoms. The Morgan fingerprint density at radius 2 is 1.47 bits per heavy atom. The van der Waals surface area contributed by atoms with Gasteiger partial charge in [0.1, 0.15) is 0 Å². The van der Waals surface area contributed by atoms with Gasteiger partial charge >= 0.3 is 0 Å². The smallest absolute Gasteiger partial charge is 0.262 e. The molecule has 0 aliphatic carbocycles. The molecule has 8 heteroatoms. The molecule has 1 fully saturated rings. The zero-order chi connectivity index (χ0) is 23.7. The van der Waals surface area contributed by atoms with Crippen molar-refractivity contribution < 1.29 is 18.0 Å². The van der Waals surface area contributed by atoms with Crippen LogP contribution in [0.1, 0.15) is 49.2 Å². The highest BCUT2D eigenvalue weighted by Crippen LogP contribution is 2.28. The van der Waals surface area contributed by atoms with Gasteiger partial charge in [0.2, 0.25) is 5.91 Å². The monoisotopic (exact) mass is 457 g/mol. The molecule has 2 aromatic carbocycles. The summed E-state index contributed by atoms with van der Waals surface area (Å²) in [7, 11) is -3.78. The summed E-state index contributed by atoms with van der Waals surface area (Å²) in [6.45, 7) is 11.4. The van der Waals surface area contributed by atoms with Crippen LogP contribution in [0.4, 0.5) is 5.69 Å². The van der Waals surface area contributed by atoms with Gasteiger partial charge in [-0.05, 0) is 53.8 Å². The van der Waals surface area contributed by atoms with Crippen molar-refractivity contribution in [2.45, 2.75) is 44.9 Å². The average molecular weight is 458 g/mol. The summed E-state index contributed by atoms with van der Waals surface area (Å²) in [5.41, 5.74) is 2.31. The number of nitrogens with one attached hydrogen (secondary N) is 1. The van der Waals surface area contributed by atoms with E-state index < -0.39 is 10.0 Å². The minimum absolute atomic E-state index is 0.0111. The Kier molecular flexibility index (Phi) is 6.64. The summed E-state index contributed by atoms with van der Waals surface area (Å²) in [5.74, 6) is -0.117. The number of amides is 2. The lowest BCUT2D eigenvalue weighted by molar-refractivity contribution is -0.130. The number of hydrogen-bond donors (Lipinski definition) is 1. The van der Waals surface area contributed by atoms with Crippen LogP contribution in [0.3, 0.4) is 0 Å². The molecule has 3 rings (SSSR count). The van der Waals surface area contributed by atoms with Crippen molar-refractivity contribution in [1.82, 2.24) is 9.80 Å². The molecule has 1 N–H and O–H groups in total. The Balaban J connectivity index is 1.73. The molecule has 0 unspecified atom stereocenters. The largest absolute Gasteiger partial charge is 0.339 e. The molecule has 32 heavy (non-hydrogen) atoms. The first-order chi connectivity index (χ1) is 14.9. The van der Waals surface area contributed by atoms with Crippen LogP contribution >= 0.6 is 0 Å². The summed E-state index contributed by atoms with van der Waals surface area (Å²) < 4.78 is 28.7. The molecule has 0 saturated carbocycles. The maximum Gasteiger partial charge on any atom is 0.262 e. The molecule has 0 atom stereocenters. The predicted molar refractivity (Wildman–Crippen MR) is 125 cm³/mol. The van der Waals surface area contributed by atoms with Crippen molar-refractivity contribution in [3.05, 3.63) is 59.2 Å². The third-order valence-corrected chi connectivity index (χ3v) is 7.26. The second-order valence-corrected chi connectivity index (χ2v) is 10.9. The molecular formula is C24H31N3O4S. The highest BCUT2D eigenvalue weighted by Gasteiger charge is 2.24. The second-order valence-electron chi connectivity index (χ2n) is 9.21. The lowest BCUT2D eigenvalue weighted by atomic mass is 9.87. The van der Waals surface area contributed by atoms with E-state index in [1.807, 2.05) is 32.9 Å². The first-order valence-corrected chi connectivity index (χ1v) is 12.2.